The molecule has 9 nitrogen and oxygen atoms in total. The van der Waals surface area contributed by atoms with Crippen molar-refractivity contribution in [1.29, 1.82) is 0 Å². The van der Waals surface area contributed by atoms with Crippen molar-refractivity contribution >= 4 is 39.1 Å². The molecule has 2 aliphatic heterocycles. The highest BCUT2D eigenvalue weighted by molar-refractivity contribution is 7.88. The molecule has 3 heterocycles. The Bertz CT molecular complexity index is 1160. The smallest absolute Gasteiger partial charge is 0.368 e. The van der Waals surface area contributed by atoms with Crippen LogP contribution in [0.3, 0.4) is 0 Å². The van der Waals surface area contributed by atoms with Gasteiger partial charge in [-0.2, -0.15) is 22.5 Å². The monoisotopic (exact) mass is 470 g/mol. The van der Waals surface area contributed by atoms with Crippen LogP contribution >= 0.6 is 0 Å². The lowest BCUT2D eigenvalue weighted by molar-refractivity contribution is -0.137. The van der Waals surface area contributed by atoms with Crippen molar-refractivity contribution in [3.63, 3.8) is 0 Å². The van der Waals surface area contributed by atoms with E-state index >= 15 is 0 Å². The summed E-state index contributed by atoms with van der Waals surface area (Å²) < 4.78 is 65.6. The van der Waals surface area contributed by atoms with Crippen LogP contribution < -0.4 is 16.0 Å². The van der Waals surface area contributed by atoms with Gasteiger partial charge in [-0.15, -0.1) is 0 Å². The minimum atomic E-state index is -4.70. The maximum Gasteiger partial charge on any atom is 0.421 e. The summed E-state index contributed by atoms with van der Waals surface area (Å²) in [4.78, 5) is 19.4. The summed E-state index contributed by atoms with van der Waals surface area (Å²) in [6.07, 6.45) is -1.57. The lowest BCUT2D eigenvalue weighted by Gasteiger charge is -2.23. The molecule has 1 saturated heterocycles. The lowest BCUT2D eigenvalue weighted by Crippen LogP contribution is -2.39. The number of para-hydroxylation sites is 1. The van der Waals surface area contributed by atoms with E-state index in [0.29, 0.717) is 37.0 Å². The number of carbonyl (C=O) groups excluding carboxylic acids is 1. The molecule has 1 fully saturated rings. The number of anilines is 4. The highest BCUT2D eigenvalue weighted by Crippen LogP contribution is 2.36. The van der Waals surface area contributed by atoms with Crippen molar-refractivity contribution in [2.75, 3.05) is 35.3 Å². The number of rotatable bonds is 6. The first-order valence-electron chi connectivity index (χ1n) is 9.86. The maximum atomic E-state index is 13.5. The van der Waals surface area contributed by atoms with Crippen molar-refractivity contribution in [2.45, 2.75) is 31.5 Å². The number of aromatic nitrogens is 2. The van der Waals surface area contributed by atoms with Gasteiger partial charge in [-0.3, -0.25) is 4.79 Å². The van der Waals surface area contributed by atoms with E-state index < -0.39 is 33.6 Å². The summed E-state index contributed by atoms with van der Waals surface area (Å²) in [6.45, 7) is 0.308. The number of alkyl halides is 3. The summed E-state index contributed by atoms with van der Waals surface area (Å²) in [5.74, 6) is -0.731. The number of amides is 1. The Kier molecular flexibility index (Phi) is 5.71. The van der Waals surface area contributed by atoms with Crippen molar-refractivity contribution in [2.24, 2.45) is 0 Å². The second-order valence-electron chi connectivity index (χ2n) is 7.69. The van der Waals surface area contributed by atoms with Gasteiger partial charge in [0.2, 0.25) is 21.9 Å². The number of sulfonamides is 1. The highest BCUT2D eigenvalue weighted by Gasteiger charge is 2.37. The number of carbonyl (C=O) groups is 1. The minimum Gasteiger partial charge on any atom is -0.368 e. The van der Waals surface area contributed by atoms with Crippen LogP contribution in [0.4, 0.5) is 36.3 Å². The van der Waals surface area contributed by atoms with Crippen LogP contribution in [0.5, 0.6) is 0 Å². The summed E-state index contributed by atoms with van der Waals surface area (Å²) in [6, 6.07) is 4.67. The fourth-order valence-corrected chi connectivity index (χ4v) is 5.11. The third-order valence-electron chi connectivity index (χ3n) is 5.36. The van der Waals surface area contributed by atoms with Gasteiger partial charge in [-0.1, -0.05) is 12.1 Å². The van der Waals surface area contributed by atoms with Gasteiger partial charge in [0.25, 0.3) is 0 Å². The Hall–Kier alpha value is -2.93. The Morgan fingerprint density at radius 3 is 2.81 bits per heavy atom. The molecule has 32 heavy (non-hydrogen) atoms. The Balaban J connectivity index is 1.59. The van der Waals surface area contributed by atoms with Gasteiger partial charge < -0.3 is 16.0 Å². The molecule has 0 aliphatic carbocycles. The van der Waals surface area contributed by atoms with Crippen LogP contribution in [-0.4, -0.2) is 54.0 Å². The van der Waals surface area contributed by atoms with Gasteiger partial charge in [-0.25, -0.2) is 13.4 Å². The third kappa shape index (κ3) is 4.63. The van der Waals surface area contributed by atoms with Gasteiger partial charge in [0, 0.05) is 25.3 Å². The molecule has 1 amide bonds. The molecule has 0 spiro atoms. The number of nitrogens with one attached hydrogen (secondary N) is 3. The minimum absolute atomic E-state index is 0.0244. The predicted molar refractivity (Wildman–Crippen MR) is 112 cm³/mol. The molecular weight excluding hydrogens is 449 g/mol. The number of fused-ring (bicyclic) bond motifs is 1. The largest absolute Gasteiger partial charge is 0.421 e. The summed E-state index contributed by atoms with van der Waals surface area (Å²) in [7, 11) is -3.46. The van der Waals surface area contributed by atoms with Gasteiger partial charge in [0.05, 0.1) is 24.1 Å². The Morgan fingerprint density at radius 1 is 1.31 bits per heavy atom. The van der Waals surface area contributed by atoms with Gasteiger partial charge in [-0.05, 0) is 24.5 Å². The lowest BCUT2D eigenvalue weighted by atomic mass is 10.1. The van der Waals surface area contributed by atoms with E-state index in [2.05, 4.69) is 25.9 Å². The van der Waals surface area contributed by atoms with E-state index in [9.17, 15) is 26.4 Å². The molecule has 0 saturated carbocycles. The number of benzene rings is 1. The molecule has 3 N–H and O–H groups in total. The van der Waals surface area contributed by atoms with E-state index in [1.165, 1.54) is 4.31 Å². The average molecular weight is 470 g/mol. The van der Waals surface area contributed by atoms with Gasteiger partial charge in [0.1, 0.15) is 11.4 Å². The zero-order valence-electron chi connectivity index (χ0n) is 17.0. The number of hydrogen-bond donors (Lipinski definition) is 3. The van der Waals surface area contributed by atoms with Crippen LogP contribution in [0.2, 0.25) is 0 Å². The Labute approximate surface area is 182 Å². The van der Waals surface area contributed by atoms with E-state index in [1.54, 1.807) is 18.2 Å². The zero-order valence-corrected chi connectivity index (χ0v) is 17.8. The second-order valence-corrected chi connectivity index (χ2v) is 9.63. The number of nitrogens with zero attached hydrogens (tertiary/aromatic N) is 3. The van der Waals surface area contributed by atoms with Crippen LogP contribution in [0.25, 0.3) is 0 Å². The van der Waals surface area contributed by atoms with Gasteiger partial charge >= 0.3 is 6.18 Å². The third-order valence-corrected chi connectivity index (χ3v) is 6.69. The molecule has 1 aromatic carbocycles. The molecule has 2 aliphatic rings. The molecule has 172 valence electrons. The molecule has 4 rings (SSSR count). The first kappa shape index (κ1) is 22.3. The number of hydrogen-bond acceptors (Lipinski definition) is 7. The standard InChI is InChI=1S/C19H21F3N6O3S/c1-32(30,31)28-7-3-5-12(28)9-23-17-13(19(20,21)22)10-24-18(27-17)25-14-6-2-4-11-8-15(29)26-16(11)14/h2,4,6,10,12H,3,5,7-9H2,1H3,(H,26,29)(H2,23,24,25,27)/t12-/m1/s1. The van der Waals surface area contributed by atoms with Crippen molar-refractivity contribution < 1.29 is 26.4 Å². The molecule has 1 atom stereocenters. The van der Waals surface area contributed by atoms with Crippen molar-refractivity contribution in [3.8, 4) is 0 Å². The topological polar surface area (TPSA) is 116 Å². The fraction of sp³-hybridized carbons (Fsp3) is 0.421. The summed E-state index contributed by atoms with van der Waals surface area (Å²) >= 11 is 0. The SMILES string of the molecule is CS(=O)(=O)N1CCC[C@@H]1CNc1nc(Nc2cccc3c2NC(=O)C3)ncc1C(F)(F)F. The van der Waals surface area contributed by atoms with Crippen LogP contribution in [0.1, 0.15) is 24.0 Å². The van der Waals surface area contributed by atoms with Crippen molar-refractivity contribution in [1.82, 2.24) is 14.3 Å². The van der Waals surface area contributed by atoms with E-state index in [4.69, 9.17) is 0 Å². The average Bonchev–Trinajstić information content (AvgIpc) is 3.31. The van der Waals surface area contributed by atoms with E-state index in [0.717, 1.165) is 11.8 Å². The molecule has 0 bridgehead atoms. The maximum absolute atomic E-state index is 13.5. The molecule has 0 radical (unpaired) electrons. The highest BCUT2D eigenvalue weighted by atomic mass is 32.2. The molecular formula is C19H21F3N6O3S. The first-order chi connectivity index (χ1) is 15.0. The normalized spacial score (nSPS) is 19.0. The second kappa shape index (κ2) is 8.20. The number of halogens is 3. The molecule has 0 unspecified atom stereocenters. The van der Waals surface area contributed by atoms with E-state index in [1.807, 2.05) is 0 Å². The fourth-order valence-electron chi connectivity index (χ4n) is 3.92. The Morgan fingerprint density at radius 2 is 2.09 bits per heavy atom. The molecule has 13 heteroatoms. The van der Waals surface area contributed by atoms with Crippen LogP contribution in [0, 0.1) is 0 Å². The zero-order chi connectivity index (χ0) is 23.1. The van der Waals surface area contributed by atoms with Crippen LogP contribution in [-0.2, 0) is 27.4 Å². The van der Waals surface area contributed by atoms with Gasteiger partial charge in [0.15, 0.2) is 0 Å². The molecule has 1 aromatic heterocycles. The summed E-state index contributed by atoms with van der Waals surface area (Å²) in [5, 5.41) is 8.22. The first-order valence-corrected chi connectivity index (χ1v) is 11.7. The van der Waals surface area contributed by atoms with E-state index in [-0.39, 0.29) is 24.8 Å². The summed E-state index contributed by atoms with van der Waals surface area (Å²) in [5.41, 5.74) is 0.689. The quantitative estimate of drug-likeness (QED) is 0.594. The van der Waals surface area contributed by atoms with Crippen molar-refractivity contribution in [3.05, 3.63) is 35.5 Å². The predicted octanol–water partition coefficient (Wildman–Crippen LogP) is 2.57. The molecule has 2 aromatic rings. The van der Waals surface area contributed by atoms with Crippen LogP contribution in [0.15, 0.2) is 24.4 Å².